The molecule has 3 aromatic rings. The third-order valence-corrected chi connectivity index (χ3v) is 8.03. The lowest BCUT2D eigenvalue weighted by atomic mass is 9.98. The van der Waals surface area contributed by atoms with E-state index in [1.807, 2.05) is 18.2 Å². The van der Waals surface area contributed by atoms with Crippen molar-refractivity contribution >= 4 is 42.8 Å². The number of fused-ring (bicyclic) bond motifs is 1. The van der Waals surface area contributed by atoms with Gasteiger partial charge in [0.25, 0.3) is 0 Å². The molecule has 0 spiro atoms. The normalized spacial score (nSPS) is 17.2. The fourth-order valence-corrected chi connectivity index (χ4v) is 6.10. The molecule has 1 fully saturated rings. The minimum Gasteiger partial charge on any atom is -0.488 e. The molecule has 1 aliphatic heterocycles. The number of carboxylic acids is 1. The number of halogens is 2. The minimum atomic E-state index is -3.89. The van der Waals surface area contributed by atoms with Gasteiger partial charge in [0.2, 0.25) is 10.0 Å². The number of benzene rings is 2. The number of rotatable bonds is 7. The van der Waals surface area contributed by atoms with Crippen molar-refractivity contribution in [1.29, 1.82) is 0 Å². The summed E-state index contributed by atoms with van der Waals surface area (Å²) in [7, 11) is -3.89. The predicted octanol–water partition coefficient (Wildman–Crippen LogP) is 4.59. The molecule has 4 rings (SSSR count). The van der Waals surface area contributed by atoms with Gasteiger partial charge >= 0.3 is 5.97 Å². The van der Waals surface area contributed by atoms with Crippen LogP contribution in [0.15, 0.2) is 52.0 Å². The van der Waals surface area contributed by atoms with Gasteiger partial charge in [-0.05, 0) is 56.2 Å². The van der Waals surface area contributed by atoms with Gasteiger partial charge < -0.3 is 14.4 Å². The van der Waals surface area contributed by atoms with Gasteiger partial charge in [0.1, 0.15) is 6.54 Å². The van der Waals surface area contributed by atoms with Crippen LogP contribution in [0.1, 0.15) is 31.7 Å². The summed E-state index contributed by atoms with van der Waals surface area (Å²) in [5.74, 6) is -1.77. The molecule has 2 aromatic carbocycles. The molecule has 0 radical (unpaired) electrons. The van der Waals surface area contributed by atoms with Crippen LogP contribution in [0, 0.1) is 5.82 Å². The lowest BCUT2D eigenvalue weighted by Gasteiger charge is -2.18. The van der Waals surface area contributed by atoms with E-state index in [4.69, 9.17) is 4.74 Å². The zero-order valence-electron chi connectivity index (χ0n) is 18.2. The molecule has 7 nitrogen and oxygen atoms in total. The highest BCUT2D eigenvalue weighted by Gasteiger charge is 2.35. The molecule has 0 saturated carbocycles. The fraction of sp³-hybridized carbons (Fsp3) is 0.348. The first kappa shape index (κ1) is 23.7. The fourth-order valence-electron chi connectivity index (χ4n) is 4.24. The molecule has 33 heavy (non-hydrogen) atoms. The second-order valence-corrected chi connectivity index (χ2v) is 11.2. The lowest BCUT2D eigenvalue weighted by Crippen LogP contribution is -2.28. The molecular weight excluding hydrogens is 515 g/mol. The van der Waals surface area contributed by atoms with Crippen LogP contribution in [0.3, 0.4) is 0 Å². The number of carboxylic acid groups (broad SMARTS) is 1. The second kappa shape index (κ2) is 9.08. The molecule has 10 heteroatoms. The van der Waals surface area contributed by atoms with Crippen molar-refractivity contribution in [2.75, 3.05) is 13.1 Å². The first-order valence-electron chi connectivity index (χ1n) is 10.5. The molecule has 1 unspecified atom stereocenters. The second-order valence-electron chi connectivity index (χ2n) is 8.38. The van der Waals surface area contributed by atoms with Gasteiger partial charge in [0.05, 0.1) is 11.0 Å². The number of carbonyl (C=O) groups is 1. The lowest BCUT2D eigenvalue weighted by molar-refractivity contribution is -0.137. The largest absolute Gasteiger partial charge is 0.488 e. The molecule has 0 aliphatic carbocycles. The molecule has 2 heterocycles. The number of aliphatic carboxylic acids is 1. The molecule has 0 amide bonds. The summed E-state index contributed by atoms with van der Waals surface area (Å²) in [6.07, 6.45) is 2.15. The maximum atomic E-state index is 14.4. The van der Waals surface area contributed by atoms with Crippen LogP contribution < -0.4 is 4.74 Å². The van der Waals surface area contributed by atoms with Crippen LogP contribution in [0.5, 0.6) is 5.75 Å². The van der Waals surface area contributed by atoms with Crippen LogP contribution >= 0.6 is 15.9 Å². The number of aromatic nitrogens is 1. The van der Waals surface area contributed by atoms with Crippen molar-refractivity contribution in [1.82, 2.24) is 8.87 Å². The van der Waals surface area contributed by atoms with Gasteiger partial charge in [-0.1, -0.05) is 22.0 Å². The smallest absolute Gasteiger partial charge is 0.323 e. The zero-order chi connectivity index (χ0) is 23.9. The number of ether oxygens (including phenoxy) is 1. The van der Waals surface area contributed by atoms with Crippen LogP contribution in [-0.4, -0.2) is 47.6 Å². The van der Waals surface area contributed by atoms with E-state index in [1.54, 1.807) is 24.6 Å². The van der Waals surface area contributed by atoms with Crippen molar-refractivity contribution in [2.24, 2.45) is 0 Å². The van der Waals surface area contributed by atoms with Crippen molar-refractivity contribution < 1.29 is 27.4 Å². The molecule has 176 valence electrons. The van der Waals surface area contributed by atoms with Crippen molar-refractivity contribution in [2.45, 2.75) is 43.7 Å². The van der Waals surface area contributed by atoms with E-state index in [1.165, 1.54) is 16.4 Å². The minimum absolute atomic E-state index is 0.0145. The topological polar surface area (TPSA) is 88.8 Å². The molecule has 1 atom stereocenters. The Morgan fingerprint density at radius 3 is 2.70 bits per heavy atom. The van der Waals surface area contributed by atoms with Crippen molar-refractivity contribution in [3.63, 3.8) is 0 Å². The first-order chi connectivity index (χ1) is 15.6. The maximum absolute atomic E-state index is 14.4. The highest BCUT2D eigenvalue weighted by molar-refractivity contribution is 9.10. The Kier molecular flexibility index (Phi) is 6.52. The zero-order valence-corrected chi connectivity index (χ0v) is 20.6. The average Bonchev–Trinajstić information content (AvgIpc) is 3.34. The summed E-state index contributed by atoms with van der Waals surface area (Å²) in [6.45, 7) is 3.87. The van der Waals surface area contributed by atoms with Crippen molar-refractivity contribution in [3.05, 3.63) is 58.4 Å². The monoisotopic (exact) mass is 538 g/mol. The van der Waals surface area contributed by atoms with Crippen LogP contribution in [0.25, 0.3) is 10.9 Å². The Morgan fingerprint density at radius 2 is 2.03 bits per heavy atom. The van der Waals surface area contributed by atoms with Gasteiger partial charge in [0.15, 0.2) is 11.6 Å². The van der Waals surface area contributed by atoms with Gasteiger partial charge in [-0.25, -0.2) is 12.8 Å². The van der Waals surface area contributed by atoms with Crippen molar-refractivity contribution in [3.8, 4) is 5.75 Å². The summed E-state index contributed by atoms with van der Waals surface area (Å²) in [5, 5.41) is 10.2. The molecule has 1 aromatic heterocycles. The third kappa shape index (κ3) is 4.78. The first-order valence-corrected chi connectivity index (χ1v) is 12.8. The molecular formula is C23H24BrFN2O5S. The van der Waals surface area contributed by atoms with Crippen LogP contribution in [0.2, 0.25) is 0 Å². The number of sulfonamides is 1. The van der Waals surface area contributed by atoms with Gasteiger partial charge in [-0.15, -0.1) is 0 Å². The van der Waals surface area contributed by atoms with Gasteiger partial charge in [-0.3, -0.25) is 4.79 Å². The Balaban J connectivity index is 1.61. The SMILES string of the molecule is CC(C)Oc1ccc(S(=O)(=O)N2CCC(c3cn(CC(=O)O)c4cc(Br)ccc34)C2)cc1F. The van der Waals surface area contributed by atoms with E-state index in [9.17, 15) is 22.7 Å². The van der Waals surface area contributed by atoms with E-state index < -0.39 is 21.8 Å². The van der Waals surface area contributed by atoms with E-state index in [-0.39, 0.29) is 35.8 Å². The Labute approximate surface area is 199 Å². The van der Waals surface area contributed by atoms with E-state index in [2.05, 4.69) is 15.9 Å². The van der Waals surface area contributed by atoms with Crippen LogP contribution in [0.4, 0.5) is 4.39 Å². The maximum Gasteiger partial charge on any atom is 0.323 e. The molecule has 0 bridgehead atoms. The Bertz CT molecular complexity index is 1320. The molecule has 1 aliphatic rings. The third-order valence-electron chi connectivity index (χ3n) is 5.68. The summed E-state index contributed by atoms with van der Waals surface area (Å²) >= 11 is 3.42. The van der Waals surface area contributed by atoms with E-state index >= 15 is 0 Å². The standard InChI is InChI=1S/C23H24BrFN2O5S/c1-14(2)32-22-6-4-17(10-20(22)25)33(30,31)27-8-7-15(11-27)19-12-26(13-23(28)29)21-9-16(24)3-5-18(19)21/h3-6,9-10,12,14-15H,7-8,11,13H2,1-2H3,(H,28,29). The average molecular weight is 539 g/mol. The highest BCUT2D eigenvalue weighted by atomic mass is 79.9. The van der Waals surface area contributed by atoms with E-state index in [0.29, 0.717) is 13.0 Å². The molecule has 1 N–H and O–H groups in total. The molecule has 1 saturated heterocycles. The van der Waals surface area contributed by atoms with Gasteiger partial charge in [0, 0.05) is 40.6 Å². The quantitative estimate of drug-likeness (QED) is 0.475. The predicted molar refractivity (Wildman–Crippen MR) is 126 cm³/mol. The van der Waals surface area contributed by atoms with E-state index in [0.717, 1.165) is 27.0 Å². The highest BCUT2D eigenvalue weighted by Crippen LogP contribution is 2.37. The number of hydrogen-bond donors (Lipinski definition) is 1. The summed E-state index contributed by atoms with van der Waals surface area (Å²) < 4.78 is 50.0. The van der Waals surface area contributed by atoms with Crippen LogP contribution in [-0.2, 0) is 21.4 Å². The Morgan fingerprint density at radius 1 is 1.27 bits per heavy atom. The number of nitrogens with zero attached hydrogens (tertiary/aromatic N) is 2. The summed E-state index contributed by atoms with van der Waals surface area (Å²) in [6, 6.07) is 9.34. The summed E-state index contributed by atoms with van der Waals surface area (Å²) in [4.78, 5) is 11.2. The Hall–Kier alpha value is -2.43. The summed E-state index contributed by atoms with van der Waals surface area (Å²) in [5.41, 5.74) is 1.68. The van der Waals surface area contributed by atoms with Gasteiger partial charge in [-0.2, -0.15) is 4.31 Å². The number of hydrogen-bond acceptors (Lipinski definition) is 4.